The molecule has 0 aromatic carbocycles. The van der Waals surface area contributed by atoms with E-state index in [2.05, 4.69) is 15.4 Å². The number of rotatable bonds is 4. The van der Waals surface area contributed by atoms with E-state index in [9.17, 15) is 13.2 Å². The molecule has 25 heavy (non-hydrogen) atoms. The standard InChI is InChI=1S/C16H22N4O3S2/c1-9(2)14-15(24-11(4)17-14)16(21)18-13-7-10(3)19-20(13)12-5-6-25(22,23)8-12/h7,9,12H,5-6,8H2,1-4H3,(H,18,21)/t12-/m1/s1. The van der Waals surface area contributed by atoms with Crippen LogP contribution in [0.2, 0.25) is 0 Å². The van der Waals surface area contributed by atoms with Gasteiger partial charge in [-0.05, 0) is 26.2 Å². The lowest BCUT2D eigenvalue weighted by molar-refractivity contribution is 0.102. The van der Waals surface area contributed by atoms with Crippen LogP contribution in [0.3, 0.4) is 0 Å². The van der Waals surface area contributed by atoms with Gasteiger partial charge in [0.05, 0.1) is 33.9 Å². The molecule has 0 radical (unpaired) electrons. The summed E-state index contributed by atoms with van der Waals surface area (Å²) in [6, 6.07) is 1.54. The van der Waals surface area contributed by atoms with E-state index >= 15 is 0 Å². The monoisotopic (exact) mass is 382 g/mol. The van der Waals surface area contributed by atoms with E-state index in [4.69, 9.17) is 0 Å². The fourth-order valence-electron chi connectivity index (χ4n) is 3.03. The number of sulfone groups is 1. The summed E-state index contributed by atoms with van der Waals surface area (Å²) in [5, 5.41) is 8.14. The molecule has 3 rings (SSSR count). The summed E-state index contributed by atoms with van der Waals surface area (Å²) in [4.78, 5) is 17.8. The van der Waals surface area contributed by atoms with Gasteiger partial charge in [-0.2, -0.15) is 5.10 Å². The van der Waals surface area contributed by atoms with Gasteiger partial charge < -0.3 is 5.32 Å². The zero-order valence-electron chi connectivity index (χ0n) is 14.7. The molecule has 0 aliphatic carbocycles. The number of nitrogens with zero attached hydrogens (tertiary/aromatic N) is 3. The Hall–Kier alpha value is -1.74. The quantitative estimate of drug-likeness (QED) is 0.877. The number of nitrogens with one attached hydrogen (secondary N) is 1. The first-order valence-electron chi connectivity index (χ1n) is 8.21. The Morgan fingerprint density at radius 2 is 2.12 bits per heavy atom. The lowest BCUT2D eigenvalue weighted by Crippen LogP contribution is -2.20. The Kier molecular flexibility index (Phi) is 4.72. The number of amides is 1. The fraction of sp³-hybridized carbons (Fsp3) is 0.562. The number of hydrogen-bond donors (Lipinski definition) is 1. The van der Waals surface area contributed by atoms with Gasteiger partial charge in [0.15, 0.2) is 9.84 Å². The van der Waals surface area contributed by atoms with Crippen molar-refractivity contribution >= 4 is 32.9 Å². The van der Waals surface area contributed by atoms with E-state index in [1.165, 1.54) is 11.3 Å². The molecule has 2 aromatic rings. The number of anilines is 1. The molecular weight excluding hydrogens is 360 g/mol. The lowest BCUT2D eigenvalue weighted by atomic mass is 10.1. The maximum absolute atomic E-state index is 12.8. The molecule has 0 spiro atoms. The Balaban J connectivity index is 1.88. The summed E-state index contributed by atoms with van der Waals surface area (Å²) in [6.07, 6.45) is 0.517. The van der Waals surface area contributed by atoms with Gasteiger partial charge in [0.25, 0.3) is 5.91 Å². The number of carbonyl (C=O) groups is 1. The van der Waals surface area contributed by atoms with Crippen molar-refractivity contribution < 1.29 is 13.2 Å². The van der Waals surface area contributed by atoms with Crippen molar-refractivity contribution in [1.82, 2.24) is 14.8 Å². The molecule has 0 unspecified atom stereocenters. The first-order chi connectivity index (χ1) is 11.7. The second-order valence-electron chi connectivity index (χ2n) is 6.73. The van der Waals surface area contributed by atoms with Gasteiger partial charge in [-0.15, -0.1) is 11.3 Å². The summed E-state index contributed by atoms with van der Waals surface area (Å²) in [7, 11) is -3.03. The third-order valence-electron chi connectivity index (χ3n) is 4.17. The van der Waals surface area contributed by atoms with Crippen LogP contribution >= 0.6 is 11.3 Å². The highest BCUT2D eigenvalue weighted by molar-refractivity contribution is 7.91. The third-order valence-corrected chi connectivity index (χ3v) is 6.90. The minimum absolute atomic E-state index is 0.0634. The van der Waals surface area contributed by atoms with Crippen LogP contribution in [0.1, 0.15) is 58.3 Å². The average Bonchev–Trinajstić information content (AvgIpc) is 3.16. The molecule has 1 aliphatic heterocycles. The smallest absolute Gasteiger partial charge is 0.268 e. The number of hydrogen-bond acceptors (Lipinski definition) is 6. The van der Waals surface area contributed by atoms with E-state index in [1.807, 2.05) is 27.7 Å². The second kappa shape index (κ2) is 6.53. The van der Waals surface area contributed by atoms with Gasteiger partial charge >= 0.3 is 0 Å². The van der Waals surface area contributed by atoms with Crippen LogP contribution in [-0.2, 0) is 9.84 Å². The normalized spacial score (nSPS) is 19.5. The van der Waals surface area contributed by atoms with Gasteiger partial charge in [0.1, 0.15) is 10.7 Å². The second-order valence-corrected chi connectivity index (χ2v) is 10.2. The number of aryl methyl sites for hydroxylation is 2. The Bertz CT molecular complexity index is 912. The fourth-order valence-corrected chi connectivity index (χ4v) is 5.69. The molecule has 7 nitrogen and oxygen atoms in total. The minimum atomic E-state index is -3.03. The summed E-state index contributed by atoms with van der Waals surface area (Å²) < 4.78 is 25.2. The van der Waals surface area contributed by atoms with Gasteiger partial charge in [-0.25, -0.2) is 18.1 Å². The van der Waals surface area contributed by atoms with Crippen molar-refractivity contribution in [3.8, 4) is 0 Å². The largest absolute Gasteiger partial charge is 0.306 e. The molecule has 1 amide bonds. The maximum atomic E-state index is 12.8. The predicted molar refractivity (Wildman–Crippen MR) is 98.2 cm³/mol. The SMILES string of the molecule is Cc1cc(NC(=O)c2sc(C)nc2C(C)C)n([C@@H]2CCS(=O)(=O)C2)n1. The molecule has 2 aromatic heterocycles. The predicted octanol–water partition coefficient (Wildman–Crippen LogP) is 2.69. The van der Waals surface area contributed by atoms with Crippen LogP contribution in [0.15, 0.2) is 6.07 Å². The van der Waals surface area contributed by atoms with Crippen LogP contribution < -0.4 is 5.32 Å². The molecule has 1 N–H and O–H groups in total. The van der Waals surface area contributed by atoms with Crippen LogP contribution in [0.5, 0.6) is 0 Å². The molecule has 3 heterocycles. The molecule has 1 fully saturated rings. The van der Waals surface area contributed by atoms with Gasteiger partial charge in [0, 0.05) is 6.07 Å². The highest BCUT2D eigenvalue weighted by atomic mass is 32.2. The van der Waals surface area contributed by atoms with Crippen LogP contribution in [-0.4, -0.2) is 40.6 Å². The molecule has 0 saturated carbocycles. The zero-order chi connectivity index (χ0) is 18.4. The van der Waals surface area contributed by atoms with Gasteiger partial charge in [0.2, 0.25) is 0 Å². The summed E-state index contributed by atoms with van der Waals surface area (Å²) in [6.45, 7) is 7.71. The van der Waals surface area contributed by atoms with E-state index in [0.29, 0.717) is 17.1 Å². The van der Waals surface area contributed by atoms with Crippen LogP contribution in [0, 0.1) is 13.8 Å². The molecule has 1 aliphatic rings. The minimum Gasteiger partial charge on any atom is -0.306 e. The molecule has 9 heteroatoms. The first-order valence-corrected chi connectivity index (χ1v) is 10.9. The Morgan fingerprint density at radius 3 is 2.72 bits per heavy atom. The molecule has 136 valence electrons. The van der Waals surface area contributed by atoms with Gasteiger partial charge in [-0.3, -0.25) is 4.79 Å². The lowest BCUT2D eigenvalue weighted by Gasteiger charge is -2.14. The Morgan fingerprint density at radius 1 is 1.40 bits per heavy atom. The van der Waals surface area contributed by atoms with Crippen LogP contribution in [0.25, 0.3) is 0 Å². The van der Waals surface area contributed by atoms with Crippen molar-refractivity contribution in [2.24, 2.45) is 0 Å². The van der Waals surface area contributed by atoms with E-state index in [0.717, 1.165) is 16.4 Å². The summed E-state index contributed by atoms with van der Waals surface area (Å²) in [5.41, 5.74) is 1.52. The molecule has 0 bridgehead atoms. The highest BCUT2D eigenvalue weighted by Crippen LogP contribution is 2.29. The van der Waals surface area contributed by atoms with E-state index in [1.54, 1.807) is 10.7 Å². The Labute approximate surface area is 151 Å². The molecule has 1 atom stereocenters. The van der Waals surface area contributed by atoms with Gasteiger partial charge in [-0.1, -0.05) is 13.8 Å². The van der Waals surface area contributed by atoms with Crippen LogP contribution in [0.4, 0.5) is 5.82 Å². The third kappa shape index (κ3) is 3.77. The molecular formula is C16H22N4O3S2. The summed E-state index contributed by atoms with van der Waals surface area (Å²) >= 11 is 1.37. The topological polar surface area (TPSA) is 94.0 Å². The van der Waals surface area contributed by atoms with E-state index in [-0.39, 0.29) is 29.4 Å². The van der Waals surface area contributed by atoms with E-state index < -0.39 is 9.84 Å². The van der Waals surface area contributed by atoms with Crippen molar-refractivity contribution in [3.05, 3.63) is 27.3 Å². The van der Waals surface area contributed by atoms with Crippen molar-refractivity contribution in [1.29, 1.82) is 0 Å². The van der Waals surface area contributed by atoms with Crippen molar-refractivity contribution in [2.75, 3.05) is 16.8 Å². The first kappa shape index (κ1) is 18.1. The van der Waals surface area contributed by atoms with Crippen molar-refractivity contribution in [3.63, 3.8) is 0 Å². The zero-order valence-corrected chi connectivity index (χ0v) is 16.4. The average molecular weight is 383 g/mol. The number of carbonyl (C=O) groups excluding carboxylic acids is 1. The van der Waals surface area contributed by atoms with Crippen molar-refractivity contribution in [2.45, 2.75) is 46.1 Å². The number of aromatic nitrogens is 3. The maximum Gasteiger partial charge on any atom is 0.268 e. The molecule has 1 saturated heterocycles. The highest BCUT2D eigenvalue weighted by Gasteiger charge is 2.31. The number of thiazole rings is 1. The summed E-state index contributed by atoms with van der Waals surface area (Å²) in [5.74, 6) is 0.683.